The highest BCUT2D eigenvalue weighted by Crippen LogP contribution is 2.41. The molecule has 1 aliphatic rings. The Bertz CT molecular complexity index is 2190. The van der Waals surface area contributed by atoms with Crippen molar-refractivity contribution >= 4 is 5.97 Å². The number of hydrogen-bond acceptors (Lipinski definition) is 8. The number of aromatic nitrogens is 2. The number of carbonyl (C=O) groups is 1. The lowest BCUT2D eigenvalue weighted by Crippen LogP contribution is -2.48. The summed E-state index contributed by atoms with van der Waals surface area (Å²) in [5.41, 5.74) is 0.0263. The number of nitrogens with one attached hydrogen (secondary N) is 2. The Morgan fingerprint density at radius 2 is 1.33 bits per heavy atom. The van der Waals surface area contributed by atoms with E-state index in [0.29, 0.717) is 11.5 Å². The number of aromatic amines is 1. The van der Waals surface area contributed by atoms with Crippen molar-refractivity contribution in [2.75, 3.05) is 20.8 Å². The minimum absolute atomic E-state index is 0.0268. The van der Waals surface area contributed by atoms with Crippen LogP contribution in [0.2, 0.25) is 0 Å². The smallest absolute Gasteiger partial charge is 0.330 e. The van der Waals surface area contributed by atoms with Crippen LogP contribution >= 0.6 is 0 Å². The average Bonchev–Trinajstić information content (AvgIpc) is 3.59. The van der Waals surface area contributed by atoms with Gasteiger partial charge in [-0.2, -0.15) is 8.78 Å². The van der Waals surface area contributed by atoms with E-state index >= 15 is 0 Å². The van der Waals surface area contributed by atoms with Crippen LogP contribution in [0.25, 0.3) is 0 Å². The summed E-state index contributed by atoms with van der Waals surface area (Å²) < 4.78 is 93.6. The number of benzene rings is 4. The van der Waals surface area contributed by atoms with Crippen molar-refractivity contribution in [3.8, 4) is 17.2 Å². The third-order valence-electron chi connectivity index (χ3n) is 9.45. The highest BCUT2D eigenvalue weighted by atomic mass is 19.2. The van der Waals surface area contributed by atoms with Crippen molar-refractivity contribution in [3.63, 3.8) is 0 Å². The summed E-state index contributed by atoms with van der Waals surface area (Å²) in [6.45, 7) is 1.46. The summed E-state index contributed by atoms with van der Waals surface area (Å²) in [7, 11) is 3.09. The van der Waals surface area contributed by atoms with Crippen LogP contribution in [0.4, 0.5) is 22.0 Å². The van der Waals surface area contributed by atoms with Crippen molar-refractivity contribution < 1.29 is 45.7 Å². The molecule has 0 bridgehead atoms. The molecule has 6 rings (SSSR count). The molecule has 282 valence electrons. The maximum atomic E-state index is 14.5. The molecule has 0 spiro atoms. The third kappa shape index (κ3) is 7.24. The molecule has 54 heavy (non-hydrogen) atoms. The van der Waals surface area contributed by atoms with Crippen molar-refractivity contribution in [1.82, 2.24) is 14.9 Å². The molecule has 4 aromatic carbocycles. The van der Waals surface area contributed by atoms with Crippen molar-refractivity contribution in [3.05, 3.63) is 157 Å². The molecular formula is C39H34F5N3O7. The van der Waals surface area contributed by atoms with Crippen LogP contribution in [0.1, 0.15) is 41.3 Å². The Morgan fingerprint density at radius 1 is 0.815 bits per heavy atom. The SMILES string of the molecule is COc1ccc(C(NC[C@H]2O[C@@H](n3cc(C)c(=O)[nH]c3=O)C[C@@H]2CC(=O)Oc2c(F)c(F)c(F)c(F)c2F)(c2ccccc2)c2ccc(OC)cc2)cc1. The van der Waals surface area contributed by atoms with E-state index in [2.05, 4.69) is 10.3 Å². The number of methoxy groups -OCH3 is 2. The van der Waals surface area contributed by atoms with Crippen molar-refractivity contribution in [2.45, 2.75) is 37.6 Å². The Balaban J connectivity index is 1.40. The van der Waals surface area contributed by atoms with Gasteiger partial charge in [-0.05, 0) is 54.3 Å². The zero-order valence-corrected chi connectivity index (χ0v) is 29.1. The number of esters is 1. The van der Waals surface area contributed by atoms with E-state index in [0.717, 1.165) is 21.3 Å². The lowest BCUT2D eigenvalue weighted by molar-refractivity contribution is -0.136. The average molecular weight is 752 g/mol. The number of hydrogen-bond donors (Lipinski definition) is 2. The van der Waals surface area contributed by atoms with Crippen LogP contribution in [-0.2, 0) is 15.1 Å². The highest BCUT2D eigenvalue weighted by molar-refractivity contribution is 5.73. The second kappa shape index (κ2) is 15.7. The molecule has 1 aliphatic heterocycles. The number of halogens is 5. The lowest BCUT2D eigenvalue weighted by atomic mass is 9.76. The van der Waals surface area contributed by atoms with Crippen LogP contribution in [0, 0.1) is 41.9 Å². The quantitative estimate of drug-likeness (QED) is 0.0396. The third-order valence-corrected chi connectivity index (χ3v) is 9.45. The fourth-order valence-electron chi connectivity index (χ4n) is 6.66. The summed E-state index contributed by atoms with van der Waals surface area (Å²) in [6, 6.07) is 24.1. The van der Waals surface area contributed by atoms with Crippen LogP contribution in [0.5, 0.6) is 17.2 Å². The molecule has 1 fully saturated rings. The summed E-state index contributed by atoms with van der Waals surface area (Å²) >= 11 is 0. The monoisotopic (exact) mass is 751 g/mol. The normalized spacial score (nSPS) is 17.0. The minimum Gasteiger partial charge on any atom is -0.497 e. The molecule has 3 atom stereocenters. The molecule has 0 saturated carbocycles. The van der Waals surface area contributed by atoms with Gasteiger partial charge in [0, 0.05) is 24.2 Å². The maximum Gasteiger partial charge on any atom is 0.330 e. The van der Waals surface area contributed by atoms with Crippen LogP contribution in [0.15, 0.2) is 94.6 Å². The topological polar surface area (TPSA) is 121 Å². The van der Waals surface area contributed by atoms with E-state index in [1.165, 1.54) is 13.1 Å². The Labute approximate surface area is 305 Å². The molecule has 10 nitrogen and oxygen atoms in total. The molecule has 0 unspecified atom stereocenters. The van der Waals surface area contributed by atoms with E-state index in [9.17, 15) is 36.3 Å². The molecule has 0 radical (unpaired) electrons. The number of aryl methyl sites for hydroxylation is 1. The standard InChI is InChI=1S/C39H34F5N3O7/c1-21-20-47(38(50)46-37(21)49)29-17-22(18-30(48)54-36-34(43)32(41)31(40)33(42)35(36)44)28(53-29)19-45-39(23-7-5-4-6-8-23,24-9-13-26(51-2)14-10-24)25-11-15-27(52-3)16-12-25/h4-16,20,22,28-29,45H,17-19H2,1-3H3,(H,46,49,50)/t22-,28-,29-/m1/s1. The number of nitrogens with zero attached hydrogens (tertiary/aromatic N) is 1. The first kappa shape index (κ1) is 37.9. The van der Waals surface area contributed by atoms with Gasteiger partial charge in [0.2, 0.25) is 34.8 Å². The molecule has 5 aromatic rings. The van der Waals surface area contributed by atoms with Gasteiger partial charge < -0.3 is 18.9 Å². The number of H-pyrrole nitrogens is 1. The van der Waals surface area contributed by atoms with Gasteiger partial charge >= 0.3 is 11.7 Å². The van der Waals surface area contributed by atoms with Gasteiger partial charge in [0.15, 0.2) is 0 Å². The van der Waals surface area contributed by atoms with Crippen LogP contribution in [0.3, 0.4) is 0 Å². The van der Waals surface area contributed by atoms with E-state index in [4.69, 9.17) is 18.9 Å². The van der Waals surface area contributed by atoms with E-state index in [1.54, 1.807) is 38.5 Å². The fourth-order valence-corrected chi connectivity index (χ4v) is 6.66. The minimum atomic E-state index is -2.40. The van der Waals surface area contributed by atoms with Crippen molar-refractivity contribution in [2.24, 2.45) is 5.92 Å². The lowest BCUT2D eigenvalue weighted by Gasteiger charge is -2.38. The first-order valence-electron chi connectivity index (χ1n) is 16.7. The van der Waals surface area contributed by atoms with E-state index < -0.39 is 82.3 Å². The van der Waals surface area contributed by atoms with Gasteiger partial charge in [0.1, 0.15) is 17.7 Å². The largest absolute Gasteiger partial charge is 0.497 e. The van der Waals surface area contributed by atoms with Gasteiger partial charge in [-0.3, -0.25) is 24.5 Å². The van der Waals surface area contributed by atoms with Gasteiger partial charge in [-0.15, -0.1) is 0 Å². The first-order valence-corrected chi connectivity index (χ1v) is 16.7. The second-order valence-corrected chi connectivity index (χ2v) is 12.6. The second-order valence-electron chi connectivity index (χ2n) is 12.6. The Hall–Kier alpha value is -5.80. The maximum absolute atomic E-state index is 14.5. The predicted octanol–water partition coefficient (Wildman–Crippen LogP) is 6.04. The summed E-state index contributed by atoms with van der Waals surface area (Å²) in [5.74, 6) is -14.3. The zero-order chi connectivity index (χ0) is 38.7. The predicted molar refractivity (Wildman–Crippen MR) is 185 cm³/mol. The summed E-state index contributed by atoms with van der Waals surface area (Å²) in [4.78, 5) is 40.5. The number of rotatable bonds is 12. The van der Waals surface area contributed by atoms with Gasteiger partial charge in [0.25, 0.3) is 5.56 Å². The highest BCUT2D eigenvalue weighted by Gasteiger charge is 2.42. The molecule has 2 N–H and O–H groups in total. The first-order chi connectivity index (χ1) is 25.9. The zero-order valence-electron chi connectivity index (χ0n) is 29.1. The number of ether oxygens (including phenoxy) is 4. The van der Waals surface area contributed by atoms with Gasteiger partial charge in [-0.25, -0.2) is 18.0 Å². The molecule has 1 aromatic heterocycles. The summed E-state index contributed by atoms with van der Waals surface area (Å²) in [6.07, 6.45) is -1.34. The summed E-state index contributed by atoms with van der Waals surface area (Å²) in [5, 5.41) is 3.63. The van der Waals surface area contributed by atoms with E-state index in [-0.39, 0.29) is 18.5 Å². The van der Waals surface area contributed by atoms with Gasteiger partial charge in [-0.1, -0.05) is 54.6 Å². The van der Waals surface area contributed by atoms with Crippen LogP contribution < -0.4 is 30.8 Å². The molecule has 1 saturated heterocycles. The molecule has 0 amide bonds. The molecule has 0 aliphatic carbocycles. The fraction of sp³-hybridized carbons (Fsp3) is 0.256. The van der Waals surface area contributed by atoms with Crippen LogP contribution in [-0.4, -0.2) is 42.4 Å². The Morgan fingerprint density at radius 3 is 1.87 bits per heavy atom. The van der Waals surface area contributed by atoms with Gasteiger partial charge in [0.05, 0.1) is 32.3 Å². The van der Waals surface area contributed by atoms with E-state index in [1.807, 2.05) is 54.6 Å². The number of carbonyl (C=O) groups excluding carboxylic acids is 1. The molecule has 15 heteroatoms. The molecular weight excluding hydrogens is 717 g/mol. The molecule has 2 heterocycles. The van der Waals surface area contributed by atoms with Crippen molar-refractivity contribution in [1.29, 1.82) is 0 Å². The Kier molecular flexibility index (Phi) is 11.0.